The molecule has 0 aliphatic carbocycles. The van der Waals surface area contributed by atoms with Crippen LogP contribution in [0, 0.1) is 26.2 Å². The predicted molar refractivity (Wildman–Crippen MR) is 383 cm³/mol. The first-order valence-corrected chi connectivity index (χ1v) is 37.1. The zero-order valence-corrected chi connectivity index (χ0v) is 63.6. The molecule has 556 valence electrons. The van der Waals surface area contributed by atoms with Crippen LogP contribution in [0.1, 0.15) is 127 Å². The van der Waals surface area contributed by atoms with Crippen molar-refractivity contribution in [3.63, 3.8) is 0 Å². The highest BCUT2D eigenvalue weighted by molar-refractivity contribution is 7.91. The number of ketones is 1. The number of sulfonamides is 1. The highest BCUT2D eigenvalue weighted by Gasteiger charge is 2.50. The Balaban J connectivity index is 0.000000193. The Labute approximate surface area is 607 Å². The summed E-state index contributed by atoms with van der Waals surface area (Å²) in [6.45, 7) is 22.5. The summed E-state index contributed by atoms with van der Waals surface area (Å²) in [5.41, 5.74) is 3.38. The molecule has 7 heterocycles. The number of sulfone groups is 1. The lowest BCUT2D eigenvalue weighted by Crippen LogP contribution is -2.48. The zero-order valence-electron chi connectivity index (χ0n) is 59.6. The molecule has 2 N–H and O–H groups in total. The number of ether oxygens (including phenoxy) is 6. The van der Waals surface area contributed by atoms with Crippen LogP contribution in [0.5, 0.6) is 11.9 Å². The van der Waals surface area contributed by atoms with E-state index < -0.39 is 76.7 Å². The third kappa shape index (κ3) is 17.6. The number of oxime groups is 1. The normalized spacial score (nSPS) is 14.9. The first kappa shape index (κ1) is 80.8. The molecule has 0 saturated carbocycles. The molecule has 1 amide bonds. The van der Waals surface area contributed by atoms with Gasteiger partial charge >= 0.3 is 41.6 Å². The van der Waals surface area contributed by atoms with Crippen molar-refractivity contribution >= 4 is 107 Å². The van der Waals surface area contributed by atoms with Gasteiger partial charge in [-0.3, -0.25) is 23.9 Å². The quantitative estimate of drug-likeness (QED) is 0.0502. The number of fused-ring (bicyclic) bond motifs is 1. The van der Waals surface area contributed by atoms with Crippen molar-refractivity contribution in [1.29, 1.82) is 0 Å². The summed E-state index contributed by atoms with van der Waals surface area (Å²) in [6, 6.07) is 10.4. The second-order valence-corrected chi connectivity index (χ2v) is 30.1. The van der Waals surface area contributed by atoms with Crippen molar-refractivity contribution in [3.05, 3.63) is 145 Å². The summed E-state index contributed by atoms with van der Waals surface area (Å²) in [5, 5.41) is 17.9. The third-order valence-corrected chi connectivity index (χ3v) is 20.4. The highest BCUT2D eigenvalue weighted by atomic mass is 35.5. The monoisotopic (exact) mass is 1530 g/mol. The van der Waals surface area contributed by atoms with Crippen LogP contribution in [0.4, 0.5) is 10.5 Å². The Kier molecular flexibility index (Phi) is 26.1. The van der Waals surface area contributed by atoms with Crippen LogP contribution in [0.3, 0.4) is 0 Å². The van der Waals surface area contributed by atoms with Gasteiger partial charge in [-0.15, -0.1) is 21.1 Å². The van der Waals surface area contributed by atoms with Gasteiger partial charge in [0, 0.05) is 65.8 Å². The number of carbonyl (C=O) groups excluding carboxylic acids is 6. The zero-order chi connectivity index (χ0) is 76.5. The van der Waals surface area contributed by atoms with Crippen LogP contribution in [0.2, 0.25) is 10.0 Å². The van der Waals surface area contributed by atoms with Crippen molar-refractivity contribution in [3.8, 4) is 23.0 Å². The maximum absolute atomic E-state index is 13.5. The number of aromatic nitrogens is 7. The van der Waals surface area contributed by atoms with E-state index in [4.69, 9.17) is 51.7 Å². The van der Waals surface area contributed by atoms with Crippen molar-refractivity contribution in [2.45, 2.75) is 130 Å². The van der Waals surface area contributed by atoms with Crippen LogP contribution in [0.15, 0.2) is 88.5 Å². The first-order valence-electron chi connectivity index (χ1n) is 32.1. The van der Waals surface area contributed by atoms with Crippen molar-refractivity contribution in [1.82, 2.24) is 38.2 Å². The molecule has 36 heteroatoms. The number of aromatic amines is 1. The summed E-state index contributed by atoms with van der Waals surface area (Å²) in [5.74, 6) is -2.42. The molecule has 10 rings (SSSR count). The number of esters is 4. The molecular formula is C67H81Cl2N11O20S3. The summed E-state index contributed by atoms with van der Waals surface area (Å²) in [6.07, 6.45) is 4.54. The number of hydrazone groups is 1. The van der Waals surface area contributed by atoms with Gasteiger partial charge in [0.25, 0.3) is 21.1 Å². The second kappa shape index (κ2) is 33.3. The van der Waals surface area contributed by atoms with Gasteiger partial charge in [0.15, 0.2) is 21.2 Å². The molecule has 1 atom stereocenters. The molecule has 0 radical (unpaired) electrons. The number of hydrogen-bond donors (Lipinski definition) is 2. The number of H-pyrrole nitrogens is 1. The highest BCUT2D eigenvalue weighted by Crippen LogP contribution is 2.40. The van der Waals surface area contributed by atoms with Crippen molar-refractivity contribution in [2.24, 2.45) is 29.8 Å². The van der Waals surface area contributed by atoms with Gasteiger partial charge in [-0.25, -0.2) is 64.5 Å². The summed E-state index contributed by atoms with van der Waals surface area (Å²) in [7, 11) is -2.83. The number of rotatable bonds is 17. The van der Waals surface area contributed by atoms with Crippen LogP contribution >= 0.6 is 34.5 Å². The largest absolute Gasteiger partial charge is 0.467 e. The minimum atomic E-state index is -4.45. The molecular weight excluding hydrogens is 1450 g/mol. The van der Waals surface area contributed by atoms with Gasteiger partial charge in [0.1, 0.15) is 28.3 Å². The fourth-order valence-electron chi connectivity index (χ4n) is 11.0. The molecule has 7 aromatic rings. The number of benzene rings is 3. The number of hydrogen-bond acceptors (Lipinski definition) is 25. The molecule has 103 heavy (non-hydrogen) atoms. The topological polar surface area (TPSA) is 380 Å². The summed E-state index contributed by atoms with van der Waals surface area (Å²) < 4.78 is 87.8. The number of anilines is 1. The Morgan fingerprint density at radius 3 is 1.97 bits per heavy atom. The Morgan fingerprint density at radius 1 is 0.796 bits per heavy atom. The second-order valence-electron chi connectivity index (χ2n) is 24.6. The number of halogens is 2. The van der Waals surface area contributed by atoms with E-state index >= 15 is 0 Å². The number of methoxy groups -OCH3 is 2. The lowest BCUT2D eigenvalue weighted by Gasteiger charge is -2.32. The maximum Gasteiger partial charge on any atom is 0.360 e. The van der Waals surface area contributed by atoms with Gasteiger partial charge in [-0.05, 0) is 128 Å². The fraction of sp³-hybridized carbons (Fsp3) is 0.433. The number of thiophene rings is 1. The first-order chi connectivity index (χ1) is 48.4. The number of amides is 1. The number of aryl methyl sites for hydroxylation is 5. The molecule has 3 aliphatic rings. The molecule has 4 aromatic heterocycles. The molecule has 0 spiro atoms. The van der Waals surface area contributed by atoms with Gasteiger partial charge in [-0.1, -0.05) is 59.9 Å². The standard InChI is InChI=1S/C23H32N2O4.C16H18Cl2N2O4.C16H17N3O5S.C12H14N4O7S2/c1-7-16-13-15(3)14-17(8-2)18(16)19-20(26)24-9-11-28-12-10-25(24)21(19)29-22(27)23(4,5)6;1-4-23-14(21)12-9-16(3,15(22)24-5-2)20(19-12)13-7-6-10(17)8-11(13)18;1-9-10(15(20)11-8-17-19(2)16(11)21)4-5-13(25(3,22)23)14(9)12-6-7-24-18-12;1-6-8(7(5-24-6)9(17)22-3)25(20,21)14-10(18)16-12(19)15(2)11(13-16)23-4/h13-14H,7-12H2,1-6H3;6-8H,4-5,9H2,1-3H3;4-5,8,17H,6-7H2,1-3H3;5H,1-4H3,(H,14,18). The number of carbonyl (C=O) groups is 6. The average Bonchev–Trinajstić information content (AvgIpc) is 1.56. The molecule has 0 fully saturated rings. The van der Waals surface area contributed by atoms with E-state index in [-0.39, 0.29) is 69.3 Å². The molecule has 3 aromatic carbocycles. The van der Waals surface area contributed by atoms with Gasteiger partial charge in [-0.2, -0.15) is 5.10 Å². The van der Waals surface area contributed by atoms with Gasteiger partial charge in [0.05, 0.1) is 86.0 Å². The lowest BCUT2D eigenvalue weighted by molar-refractivity contribution is -0.148. The summed E-state index contributed by atoms with van der Waals surface area (Å²) in [4.78, 5) is 116. The Morgan fingerprint density at radius 2 is 1.44 bits per heavy atom. The van der Waals surface area contributed by atoms with Crippen molar-refractivity contribution in [2.75, 3.05) is 58.5 Å². The molecule has 3 aliphatic heterocycles. The molecule has 1 unspecified atom stereocenters. The van der Waals surface area contributed by atoms with Gasteiger partial charge in [0.2, 0.25) is 5.88 Å². The van der Waals surface area contributed by atoms with Crippen LogP contribution in [0.25, 0.3) is 11.1 Å². The van der Waals surface area contributed by atoms with E-state index in [1.165, 1.54) is 67.1 Å². The Bertz CT molecular complexity index is 4930. The Hall–Kier alpha value is -9.48. The minimum Gasteiger partial charge on any atom is -0.467 e. The molecule has 0 saturated heterocycles. The summed E-state index contributed by atoms with van der Waals surface area (Å²) >= 11 is 13.2. The van der Waals surface area contributed by atoms with E-state index in [1.807, 2.05) is 20.8 Å². The lowest BCUT2D eigenvalue weighted by atomic mass is 9.91. The SMILES string of the molecule is CCOC(=O)C1=NN(c2ccc(Cl)cc2Cl)C(C)(C(=O)OCC)C1.CCc1cc(C)cc(CC)c1-c1c(OC(=O)C(C)(C)C)n2n(c1=O)CCOCC2.COC(=O)c1csc(C)c1S(=O)(=O)NC(=O)n1nc(OC)n(C)c1=O.Cc1c(C(=O)c2c[nH]n(C)c2=O)ccc(S(C)(=O)=O)c1C1=NOCC1. The van der Waals surface area contributed by atoms with E-state index in [9.17, 15) is 60.0 Å². The van der Waals surface area contributed by atoms with E-state index in [0.29, 0.717) is 88.0 Å². The van der Waals surface area contributed by atoms with Crippen LogP contribution in [-0.2, 0) is 98.1 Å². The smallest absolute Gasteiger partial charge is 0.360 e. The maximum atomic E-state index is 13.5. The van der Waals surface area contributed by atoms with E-state index in [1.54, 1.807) is 60.0 Å². The fourth-order valence-corrected chi connectivity index (χ4v) is 15.0. The van der Waals surface area contributed by atoms with Gasteiger partial charge < -0.3 is 38.4 Å². The minimum absolute atomic E-state index is 0.00623. The van der Waals surface area contributed by atoms with E-state index in [2.05, 4.69) is 58.1 Å². The van der Waals surface area contributed by atoms with Crippen LogP contribution in [-0.4, -0.2) is 156 Å². The molecule has 0 bridgehead atoms. The average molecular weight is 1530 g/mol. The van der Waals surface area contributed by atoms with Crippen molar-refractivity contribution < 1.29 is 78.9 Å². The predicted octanol–water partition coefficient (Wildman–Crippen LogP) is 7.65. The van der Waals surface area contributed by atoms with E-state index in [0.717, 1.165) is 58.8 Å². The van der Waals surface area contributed by atoms with Crippen LogP contribution < -0.4 is 36.0 Å². The molecule has 31 nitrogen and oxygen atoms in total. The number of nitrogens with zero attached hydrogens (tertiary/aromatic N) is 9. The number of nitrogens with one attached hydrogen (secondary N) is 2. The third-order valence-electron chi connectivity index (χ3n) is 16.2.